The lowest BCUT2D eigenvalue weighted by molar-refractivity contribution is 0.438. The monoisotopic (exact) mass is 369 g/mol. The van der Waals surface area contributed by atoms with Crippen LogP contribution in [0.3, 0.4) is 0 Å². The number of fused-ring (bicyclic) bond motifs is 3. The van der Waals surface area contributed by atoms with E-state index in [0.717, 1.165) is 47.1 Å². The Morgan fingerprint density at radius 1 is 1.12 bits per heavy atom. The number of hydrogen-bond acceptors (Lipinski definition) is 3. The molecule has 1 heterocycles. The number of aryl methyl sites for hydroxylation is 3. The van der Waals surface area contributed by atoms with Crippen LogP contribution < -0.4 is 4.72 Å². The molecule has 1 atom stereocenters. The van der Waals surface area contributed by atoms with E-state index in [1.165, 1.54) is 5.56 Å². The molecule has 0 saturated carbocycles. The molecule has 0 radical (unpaired) electrons. The second-order valence-corrected chi connectivity index (χ2v) is 9.09. The van der Waals surface area contributed by atoms with Gasteiger partial charge >= 0.3 is 0 Å². The van der Waals surface area contributed by atoms with E-state index in [-0.39, 0.29) is 0 Å². The molecule has 3 aromatic rings. The van der Waals surface area contributed by atoms with Gasteiger partial charge in [0, 0.05) is 23.1 Å². The van der Waals surface area contributed by atoms with Gasteiger partial charge in [-0.1, -0.05) is 19.1 Å². The number of benzene rings is 2. The average molecular weight is 369 g/mol. The van der Waals surface area contributed by atoms with Gasteiger partial charge in [0.05, 0.1) is 4.90 Å². The maximum atomic E-state index is 12.9. The van der Waals surface area contributed by atoms with Gasteiger partial charge in [-0.25, -0.2) is 8.42 Å². The lowest BCUT2D eigenvalue weighted by Gasteiger charge is -2.16. The van der Waals surface area contributed by atoms with Crippen LogP contribution in [0.15, 0.2) is 45.7 Å². The summed E-state index contributed by atoms with van der Waals surface area (Å²) in [7, 11) is -3.63. The topological polar surface area (TPSA) is 59.3 Å². The molecular formula is C21H23NO3S. The van der Waals surface area contributed by atoms with Crippen molar-refractivity contribution in [3.8, 4) is 0 Å². The van der Waals surface area contributed by atoms with E-state index in [1.54, 1.807) is 12.1 Å². The molecule has 1 N–H and O–H groups in total. The number of furan rings is 1. The minimum Gasteiger partial charge on any atom is -0.461 e. The Kier molecular flexibility index (Phi) is 4.07. The van der Waals surface area contributed by atoms with E-state index in [2.05, 4.69) is 11.6 Å². The van der Waals surface area contributed by atoms with Crippen LogP contribution in [-0.2, 0) is 22.9 Å². The van der Waals surface area contributed by atoms with Crippen molar-refractivity contribution in [1.29, 1.82) is 0 Å². The van der Waals surface area contributed by atoms with Crippen LogP contribution in [0.25, 0.3) is 11.0 Å². The normalized spacial score (nSPS) is 17.3. The third-order valence-electron chi connectivity index (χ3n) is 5.18. The number of rotatable bonds is 3. The first-order valence-corrected chi connectivity index (χ1v) is 10.5. The molecule has 4 rings (SSSR count). The first-order valence-electron chi connectivity index (χ1n) is 8.98. The molecular weight excluding hydrogens is 346 g/mol. The van der Waals surface area contributed by atoms with Gasteiger partial charge in [-0.2, -0.15) is 0 Å². The predicted octanol–water partition coefficient (Wildman–Crippen LogP) is 4.98. The highest BCUT2D eigenvalue weighted by molar-refractivity contribution is 7.92. The Morgan fingerprint density at radius 2 is 1.92 bits per heavy atom. The zero-order chi connectivity index (χ0) is 18.5. The molecule has 0 aliphatic heterocycles. The Bertz CT molecular complexity index is 1100. The predicted molar refractivity (Wildman–Crippen MR) is 104 cm³/mol. The Labute approximate surface area is 154 Å². The maximum absolute atomic E-state index is 12.9. The molecule has 26 heavy (non-hydrogen) atoms. The van der Waals surface area contributed by atoms with Gasteiger partial charge in [0.1, 0.15) is 11.3 Å². The molecule has 1 aromatic heterocycles. The molecule has 0 fully saturated rings. The van der Waals surface area contributed by atoms with Crippen molar-refractivity contribution in [1.82, 2.24) is 0 Å². The van der Waals surface area contributed by atoms with Crippen LogP contribution in [-0.4, -0.2) is 8.42 Å². The fourth-order valence-electron chi connectivity index (χ4n) is 3.72. The summed E-state index contributed by atoms with van der Waals surface area (Å²) in [5.41, 5.74) is 4.29. The van der Waals surface area contributed by atoms with Crippen LogP contribution in [0.2, 0.25) is 0 Å². The SMILES string of the molecule is Cc1ccc(C)c(S(=O)(=O)Nc2ccc3oc4c(c3c2)CC(C)CC4)c1. The number of sulfonamides is 1. The minimum absolute atomic E-state index is 0.320. The first kappa shape index (κ1) is 17.2. The Morgan fingerprint density at radius 3 is 2.73 bits per heavy atom. The van der Waals surface area contributed by atoms with E-state index in [9.17, 15) is 8.42 Å². The lowest BCUT2D eigenvalue weighted by atomic mass is 9.88. The molecule has 5 heteroatoms. The van der Waals surface area contributed by atoms with Gasteiger partial charge in [0.25, 0.3) is 10.0 Å². The number of hydrogen-bond donors (Lipinski definition) is 1. The third kappa shape index (κ3) is 3.01. The van der Waals surface area contributed by atoms with Crippen molar-refractivity contribution in [3.05, 3.63) is 58.8 Å². The number of anilines is 1. The molecule has 2 aromatic carbocycles. The third-order valence-corrected chi connectivity index (χ3v) is 6.70. The molecule has 0 saturated heterocycles. The van der Waals surface area contributed by atoms with Crippen LogP contribution in [0.4, 0.5) is 5.69 Å². The number of nitrogens with one attached hydrogen (secondary N) is 1. The van der Waals surface area contributed by atoms with Crippen molar-refractivity contribution in [2.45, 2.75) is 44.9 Å². The van der Waals surface area contributed by atoms with Crippen molar-refractivity contribution < 1.29 is 12.8 Å². The molecule has 0 spiro atoms. The van der Waals surface area contributed by atoms with Gasteiger partial charge in [0.2, 0.25) is 0 Å². The smallest absolute Gasteiger partial charge is 0.262 e. The molecule has 1 aliphatic rings. The fraction of sp³-hybridized carbons (Fsp3) is 0.333. The highest BCUT2D eigenvalue weighted by Crippen LogP contribution is 2.35. The summed E-state index contributed by atoms with van der Waals surface area (Å²) in [6.07, 6.45) is 3.07. The van der Waals surface area contributed by atoms with Gasteiger partial charge < -0.3 is 4.42 Å². The standard InChI is InChI=1S/C21H23NO3S/c1-13-5-8-19-17(10-13)18-12-16(7-9-20(18)25-19)22-26(23,24)21-11-14(2)4-6-15(21)3/h4,6-7,9,11-13,22H,5,8,10H2,1-3H3. The summed E-state index contributed by atoms with van der Waals surface area (Å²) in [5, 5.41) is 1.02. The van der Waals surface area contributed by atoms with Gasteiger partial charge in [0.15, 0.2) is 0 Å². The van der Waals surface area contributed by atoms with Crippen LogP contribution in [0, 0.1) is 19.8 Å². The highest BCUT2D eigenvalue weighted by Gasteiger charge is 2.23. The molecule has 0 bridgehead atoms. The summed E-state index contributed by atoms with van der Waals surface area (Å²) in [6.45, 7) is 5.95. The lowest BCUT2D eigenvalue weighted by Crippen LogP contribution is -2.14. The first-order chi connectivity index (χ1) is 12.3. The Balaban J connectivity index is 1.73. The minimum atomic E-state index is -3.63. The van der Waals surface area contributed by atoms with Gasteiger partial charge in [-0.3, -0.25) is 4.72 Å². The maximum Gasteiger partial charge on any atom is 0.262 e. The summed E-state index contributed by atoms with van der Waals surface area (Å²) in [6, 6.07) is 11.0. The molecule has 1 unspecified atom stereocenters. The highest BCUT2D eigenvalue weighted by atomic mass is 32.2. The second kappa shape index (κ2) is 6.16. The average Bonchev–Trinajstić information content (AvgIpc) is 2.94. The van der Waals surface area contributed by atoms with Crippen LogP contribution in [0.5, 0.6) is 0 Å². The van der Waals surface area contributed by atoms with E-state index >= 15 is 0 Å². The van der Waals surface area contributed by atoms with Crippen molar-refractivity contribution in [2.75, 3.05) is 4.72 Å². The fourth-order valence-corrected chi connectivity index (χ4v) is 5.10. The van der Waals surface area contributed by atoms with E-state index in [0.29, 0.717) is 16.5 Å². The molecule has 0 amide bonds. The van der Waals surface area contributed by atoms with E-state index in [4.69, 9.17) is 4.42 Å². The van der Waals surface area contributed by atoms with Crippen molar-refractivity contribution in [3.63, 3.8) is 0 Å². The molecule has 4 nitrogen and oxygen atoms in total. The van der Waals surface area contributed by atoms with Crippen LogP contribution in [0.1, 0.15) is 35.8 Å². The zero-order valence-corrected chi connectivity index (χ0v) is 16.1. The van der Waals surface area contributed by atoms with Gasteiger partial charge in [-0.15, -0.1) is 0 Å². The largest absolute Gasteiger partial charge is 0.461 e. The summed E-state index contributed by atoms with van der Waals surface area (Å²) >= 11 is 0. The van der Waals surface area contributed by atoms with E-state index in [1.807, 2.05) is 38.1 Å². The van der Waals surface area contributed by atoms with Crippen LogP contribution >= 0.6 is 0 Å². The second-order valence-electron chi connectivity index (χ2n) is 7.44. The molecule has 136 valence electrons. The van der Waals surface area contributed by atoms with Gasteiger partial charge in [-0.05, 0) is 68.0 Å². The quantitative estimate of drug-likeness (QED) is 0.709. The summed E-state index contributed by atoms with van der Waals surface area (Å²) in [5.74, 6) is 1.67. The van der Waals surface area contributed by atoms with E-state index < -0.39 is 10.0 Å². The Hall–Kier alpha value is -2.27. The van der Waals surface area contributed by atoms with Crippen molar-refractivity contribution in [2.24, 2.45) is 5.92 Å². The summed E-state index contributed by atoms with van der Waals surface area (Å²) < 4.78 is 34.4. The zero-order valence-electron chi connectivity index (χ0n) is 15.3. The van der Waals surface area contributed by atoms with Crippen molar-refractivity contribution >= 4 is 26.7 Å². The summed E-state index contributed by atoms with van der Waals surface area (Å²) in [4.78, 5) is 0.320. The molecule has 1 aliphatic carbocycles.